The molecule has 0 unspecified atom stereocenters. The summed E-state index contributed by atoms with van der Waals surface area (Å²) >= 11 is 0. The van der Waals surface area contributed by atoms with Crippen LogP contribution in [0.2, 0.25) is 0 Å². The summed E-state index contributed by atoms with van der Waals surface area (Å²) in [4.78, 5) is 0. The summed E-state index contributed by atoms with van der Waals surface area (Å²) in [7, 11) is 1.42. The largest absolute Gasteiger partial charge is 0.0879 e. The zero-order chi connectivity index (χ0) is 10.9. The molecule has 0 aliphatic heterocycles. The lowest BCUT2D eigenvalue weighted by atomic mass is 10.1. The van der Waals surface area contributed by atoms with Gasteiger partial charge in [-0.2, -0.15) is 0 Å². The molecule has 2 aromatic carbocycles. The molecular weight excluding hydrogens is 199 g/mol. The van der Waals surface area contributed by atoms with Crippen molar-refractivity contribution in [1.82, 2.24) is 0 Å². The van der Waals surface area contributed by atoms with E-state index in [9.17, 15) is 0 Å². The van der Waals surface area contributed by atoms with E-state index in [1.54, 1.807) is 0 Å². The third-order valence-electron chi connectivity index (χ3n) is 1.88. The summed E-state index contributed by atoms with van der Waals surface area (Å²) in [6.45, 7) is 4.19. The van der Waals surface area contributed by atoms with Crippen molar-refractivity contribution in [2.24, 2.45) is 0 Å². The Hall–Kier alpha value is -1.13. The van der Waals surface area contributed by atoms with Gasteiger partial charge in [0.05, 0.1) is 0 Å². The van der Waals surface area contributed by atoms with E-state index in [1.807, 2.05) is 12.1 Å². The van der Waals surface area contributed by atoms with E-state index < -0.39 is 0 Å². The Morgan fingerprint density at radius 3 is 1.13 bits per heavy atom. The predicted molar refractivity (Wildman–Crippen MR) is 70.6 cm³/mol. The van der Waals surface area contributed by atoms with Crippen molar-refractivity contribution >= 4 is 8.58 Å². The Labute approximate surface area is 94.1 Å². The normalized spacial score (nSPS) is 8.93. The van der Waals surface area contributed by atoms with Crippen LogP contribution in [0.1, 0.15) is 0 Å². The molecule has 0 bridgehead atoms. The van der Waals surface area contributed by atoms with Crippen LogP contribution in [0.5, 0.6) is 0 Å². The van der Waals surface area contributed by atoms with E-state index in [1.165, 1.54) is 19.7 Å². The topological polar surface area (TPSA) is 0 Å². The Morgan fingerprint density at radius 1 is 0.600 bits per heavy atom. The third-order valence-corrected chi connectivity index (χ3v) is 1.88. The minimum atomic E-state index is 1.28. The first kappa shape index (κ1) is 11.9. The van der Waals surface area contributed by atoms with E-state index in [0.29, 0.717) is 0 Å². The minimum absolute atomic E-state index is 1.28. The van der Waals surface area contributed by atoms with E-state index in [0.717, 1.165) is 0 Å². The molecule has 0 saturated heterocycles. The molecule has 0 fully saturated rings. The molecule has 0 saturated carbocycles. The van der Waals surface area contributed by atoms with Crippen LogP contribution in [0, 0.1) is 0 Å². The highest BCUT2D eigenvalue weighted by Gasteiger charge is 1.91. The van der Waals surface area contributed by atoms with Crippen molar-refractivity contribution < 1.29 is 0 Å². The molecular formula is C14H16P. The van der Waals surface area contributed by atoms with E-state index in [4.69, 9.17) is 0 Å². The van der Waals surface area contributed by atoms with Crippen molar-refractivity contribution in [1.29, 1.82) is 0 Å². The summed E-state index contributed by atoms with van der Waals surface area (Å²) in [6, 6.07) is 20.8. The summed E-state index contributed by atoms with van der Waals surface area (Å²) < 4.78 is 0. The van der Waals surface area contributed by atoms with Crippen molar-refractivity contribution in [3.63, 3.8) is 0 Å². The summed E-state index contributed by atoms with van der Waals surface area (Å²) in [6.07, 6.45) is 0. The fourth-order valence-corrected chi connectivity index (χ4v) is 1.26. The lowest BCUT2D eigenvalue weighted by Crippen LogP contribution is -1.73. The van der Waals surface area contributed by atoms with Gasteiger partial charge in [0.2, 0.25) is 0 Å². The molecule has 0 nitrogen and oxygen atoms in total. The maximum Gasteiger partial charge on any atom is -0.0184 e. The first-order chi connectivity index (χ1) is 7.38. The standard InChI is InChI=1S/C12H10.C2H6P/c1-3-7-11(8-4-1)12-9-5-2-6-10-12;1-3-2/h1-10H;1-2H3. The number of benzene rings is 2. The first-order valence-corrected chi connectivity index (χ1v) is 6.75. The van der Waals surface area contributed by atoms with Crippen LogP contribution in [0.25, 0.3) is 11.1 Å². The molecule has 2 aromatic rings. The second-order valence-corrected chi connectivity index (χ2v) is 4.07. The lowest BCUT2D eigenvalue weighted by molar-refractivity contribution is 1.62. The van der Waals surface area contributed by atoms with Crippen LogP contribution < -0.4 is 0 Å². The molecule has 77 valence electrons. The van der Waals surface area contributed by atoms with Gasteiger partial charge in [-0.25, -0.2) is 0 Å². The SMILES string of the molecule is C[P]C.c1ccc(-c2ccccc2)cc1. The highest BCUT2D eigenvalue weighted by atomic mass is 31.1. The number of hydrogen-bond donors (Lipinski definition) is 0. The summed E-state index contributed by atoms with van der Waals surface area (Å²) in [5, 5.41) is 0. The molecule has 2 rings (SSSR count). The van der Waals surface area contributed by atoms with Gasteiger partial charge in [-0.1, -0.05) is 69.2 Å². The lowest BCUT2D eigenvalue weighted by Gasteiger charge is -1.98. The van der Waals surface area contributed by atoms with E-state index >= 15 is 0 Å². The van der Waals surface area contributed by atoms with Gasteiger partial charge in [0.1, 0.15) is 0 Å². The molecule has 0 N–H and O–H groups in total. The van der Waals surface area contributed by atoms with Crippen LogP contribution >= 0.6 is 8.58 Å². The van der Waals surface area contributed by atoms with Gasteiger partial charge >= 0.3 is 0 Å². The number of rotatable bonds is 1. The smallest absolute Gasteiger partial charge is 0.0184 e. The number of hydrogen-bond acceptors (Lipinski definition) is 0. The highest BCUT2D eigenvalue weighted by molar-refractivity contribution is 7.35. The Kier molecular flexibility index (Phi) is 5.73. The molecule has 0 spiro atoms. The molecule has 0 aliphatic carbocycles. The van der Waals surface area contributed by atoms with Gasteiger partial charge in [0, 0.05) is 0 Å². The fraction of sp³-hybridized carbons (Fsp3) is 0.143. The monoisotopic (exact) mass is 215 g/mol. The molecule has 0 aromatic heterocycles. The zero-order valence-electron chi connectivity index (χ0n) is 9.22. The highest BCUT2D eigenvalue weighted by Crippen LogP contribution is 2.17. The van der Waals surface area contributed by atoms with Gasteiger partial charge in [0.25, 0.3) is 0 Å². The third kappa shape index (κ3) is 4.27. The van der Waals surface area contributed by atoms with Crippen molar-refractivity contribution in [2.75, 3.05) is 13.3 Å². The maximum absolute atomic E-state index is 2.12. The molecule has 0 atom stereocenters. The molecule has 1 heteroatoms. The summed E-state index contributed by atoms with van der Waals surface area (Å²) in [5.74, 6) is 0. The van der Waals surface area contributed by atoms with Gasteiger partial charge in [0.15, 0.2) is 0 Å². The van der Waals surface area contributed by atoms with E-state index in [-0.39, 0.29) is 0 Å². The van der Waals surface area contributed by atoms with Gasteiger partial charge in [-0.3, -0.25) is 0 Å². The molecule has 15 heavy (non-hydrogen) atoms. The van der Waals surface area contributed by atoms with Crippen LogP contribution in [0.3, 0.4) is 0 Å². The van der Waals surface area contributed by atoms with Gasteiger partial charge in [-0.15, -0.1) is 0 Å². The predicted octanol–water partition coefficient (Wildman–Crippen LogP) is 4.55. The molecule has 0 heterocycles. The summed E-state index contributed by atoms with van der Waals surface area (Å²) in [5.41, 5.74) is 2.55. The van der Waals surface area contributed by atoms with Crippen LogP contribution in [-0.2, 0) is 0 Å². The Morgan fingerprint density at radius 2 is 0.867 bits per heavy atom. The Balaban J connectivity index is 0.000000337. The molecule has 1 radical (unpaired) electrons. The second-order valence-electron chi connectivity index (χ2n) is 3.18. The van der Waals surface area contributed by atoms with Gasteiger partial charge in [-0.05, 0) is 24.5 Å². The fourth-order valence-electron chi connectivity index (χ4n) is 1.26. The van der Waals surface area contributed by atoms with Crippen LogP contribution in [0.4, 0.5) is 0 Å². The van der Waals surface area contributed by atoms with Crippen LogP contribution in [0.15, 0.2) is 60.7 Å². The average Bonchev–Trinajstić information content (AvgIpc) is 2.32. The second kappa shape index (κ2) is 7.20. The van der Waals surface area contributed by atoms with Crippen molar-refractivity contribution in [2.45, 2.75) is 0 Å². The zero-order valence-corrected chi connectivity index (χ0v) is 10.1. The average molecular weight is 215 g/mol. The van der Waals surface area contributed by atoms with Gasteiger partial charge < -0.3 is 0 Å². The minimum Gasteiger partial charge on any atom is -0.0879 e. The van der Waals surface area contributed by atoms with Crippen molar-refractivity contribution in [3.8, 4) is 11.1 Å². The Bertz CT molecular complexity index is 316. The maximum atomic E-state index is 2.12. The van der Waals surface area contributed by atoms with E-state index in [2.05, 4.69) is 61.9 Å². The van der Waals surface area contributed by atoms with Crippen molar-refractivity contribution in [3.05, 3.63) is 60.7 Å². The first-order valence-electron chi connectivity index (χ1n) is 4.97. The molecule has 0 aliphatic rings. The molecule has 0 amide bonds. The quantitative estimate of drug-likeness (QED) is 0.612. The van der Waals surface area contributed by atoms with Crippen LogP contribution in [-0.4, -0.2) is 13.3 Å².